The molecule has 8 heteroatoms. The molecule has 2 rings (SSSR count). The number of hydrogen-bond donors (Lipinski definition) is 0. The molecule has 0 amide bonds. The summed E-state index contributed by atoms with van der Waals surface area (Å²) in [6, 6.07) is 20.2. The summed E-state index contributed by atoms with van der Waals surface area (Å²) in [6.45, 7) is 1.46. The molecule has 0 aliphatic carbocycles. The molecule has 0 fully saturated rings. The second-order valence-corrected chi connectivity index (χ2v) is 6.41. The quantitative estimate of drug-likeness (QED) is 0.440. The molecule has 0 saturated heterocycles. The van der Waals surface area contributed by atoms with Crippen LogP contribution in [0.3, 0.4) is 0 Å². The first-order chi connectivity index (χ1) is 11.3. The molecule has 0 bridgehead atoms. The molecule has 0 N–H and O–H groups in total. The van der Waals surface area contributed by atoms with Gasteiger partial charge in [-0.2, -0.15) is 0 Å². The lowest BCUT2D eigenvalue weighted by atomic mass is 10.2. The number of rotatable bonds is 5. The molecule has 1 atom stereocenters. The zero-order chi connectivity index (χ0) is 18.0. The molecule has 0 heterocycles. The number of carbonyl (C=O) groups is 1. The van der Waals surface area contributed by atoms with Crippen molar-refractivity contribution in [3.8, 4) is 0 Å². The molecular formula is C16H17BF4O2S. The van der Waals surface area contributed by atoms with Crippen molar-refractivity contribution in [2.24, 2.45) is 0 Å². The summed E-state index contributed by atoms with van der Waals surface area (Å²) in [5.74, 6) is 0.605. The Morgan fingerprint density at radius 2 is 1.42 bits per heavy atom. The molecule has 0 spiro atoms. The van der Waals surface area contributed by atoms with Crippen molar-refractivity contribution in [3.63, 3.8) is 0 Å². The van der Waals surface area contributed by atoms with Crippen LogP contribution in [0.4, 0.5) is 17.3 Å². The van der Waals surface area contributed by atoms with Gasteiger partial charge >= 0.3 is 13.2 Å². The summed E-state index contributed by atoms with van der Waals surface area (Å²) in [7, 11) is -6.00. The van der Waals surface area contributed by atoms with Crippen LogP contribution in [0.2, 0.25) is 0 Å². The number of benzene rings is 2. The van der Waals surface area contributed by atoms with E-state index in [1.807, 2.05) is 48.5 Å². The van der Waals surface area contributed by atoms with E-state index >= 15 is 0 Å². The van der Waals surface area contributed by atoms with E-state index in [1.165, 1.54) is 12.5 Å². The molecule has 130 valence electrons. The van der Waals surface area contributed by atoms with Crippen LogP contribution in [-0.2, 0) is 26.6 Å². The fraction of sp³-hybridized carbons (Fsp3) is 0.188. The minimum atomic E-state index is -6.00. The molecule has 0 aliphatic rings. The van der Waals surface area contributed by atoms with Crippen LogP contribution >= 0.6 is 0 Å². The van der Waals surface area contributed by atoms with Crippen molar-refractivity contribution >= 4 is 24.4 Å². The fourth-order valence-corrected chi connectivity index (χ4v) is 3.36. The lowest BCUT2D eigenvalue weighted by Gasteiger charge is -2.05. The number of halogens is 4. The van der Waals surface area contributed by atoms with Crippen molar-refractivity contribution in [2.45, 2.75) is 18.2 Å². The lowest BCUT2D eigenvalue weighted by molar-refractivity contribution is -0.130. The van der Waals surface area contributed by atoms with Gasteiger partial charge in [0.25, 0.3) is 0 Å². The van der Waals surface area contributed by atoms with Gasteiger partial charge in [0.05, 0.1) is 0 Å². The van der Waals surface area contributed by atoms with Gasteiger partial charge in [-0.3, -0.25) is 0 Å². The predicted octanol–water partition coefficient (Wildman–Crippen LogP) is 4.68. The van der Waals surface area contributed by atoms with Crippen LogP contribution in [-0.4, -0.2) is 19.0 Å². The van der Waals surface area contributed by atoms with E-state index in [0.717, 1.165) is 17.1 Å². The Hall–Kier alpha value is -1.96. The second kappa shape index (κ2) is 10.0. The normalized spacial score (nSPS) is 11.9. The summed E-state index contributed by atoms with van der Waals surface area (Å²) >= 11 is -0.468. The molecule has 2 nitrogen and oxygen atoms in total. The van der Waals surface area contributed by atoms with Gasteiger partial charge in [-0.05, 0) is 17.7 Å². The molecule has 2 aromatic carbocycles. The highest BCUT2D eigenvalue weighted by Crippen LogP contribution is 2.17. The monoisotopic (exact) mass is 360 g/mol. The maximum Gasteiger partial charge on any atom is 0.673 e. The van der Waals surface area contributed by atoms with Crippen molar-refractivity contribution in [2.75, 3.05) is 5.75 Å². The summed E-state index contributed by atoms with van der Waals surface area (Å²) in [6.07, 6.45) is 0.909. The molecule has 2 aromatic rings. The van der Waals surface area contributed by atoms with Gasteiger partial charge in [0.1, 0.15) is 0 Å². The average Bonchev–Trinajstić information content (AvgIpc) is 2.51. The zero-order valence-corrected chi connectivity index (χ0v) is 13.8. The maximum absolute atomic E-state index is 11.2. The van der Waals surface area contributed by atoms with Gasteiger partial charge in [-0.25, -0.2) is 8.98 Å². The van der Waals surface area contributed by atoms with Gasteiger partial charge in [0, 0.05) is 13.3 Å². The Labute approximate surface area is 141 Å². The summed E-state index contributed by atoms with van der Waals surface area (Å²) in [5, 5.41) is 0. The SMILES string of the molecule is CC(=O)O[S+](CCc1ccccc1)c1ccccc1.F[B-](F)(F)F. The first-order valence-corrected chi connectivity index (χ1v) is 8.43. The topological polar surface area (TPSA) is 26.3 Å². The average molecular weight is 360 g/mol. The third-order valence-corrected chi connectivity index (χ3v) is 4.45. The van der Waals surface area contributed by atoms with E-state index in [2.05, 4.69) is 12.1 Å². The van der Waals surface area contributed by atoms with Gasteiger partial charge in [-0.1, -0.05) is 48.5 Å². The van der Waals surface area contributed by atoms with Crippen LogP contribution in [0.1, 0.15) is 12.5 Å². The number of hydrogen-bond acceptors (Lipinski definition) is 2. The standard InChI is InChI=1S/C16H17O2S.BF4/c1-14(17)18-19(16-10-6-3-7-11-16)13-12-15-8-4-2-5-9-15;2-1(3,4)5/h2-11H,12-13H2,1H3;/q+1;-1. The second-order valence-electron chi connectivity index (χ2n) is 4.67. The zero-order valence-electron chi connectivity index (χ0n) is 13.0. The molecule has 0 radical (unpaired) electrons. The van der Waals surface area contributed by atoms with E-state index in [-0.39, 0.29) is 5.97 Å². The Morgan fingerprint density at radius 3 is 1.88 bits per heavy atom. The molecule has 0 aliphatic heterocycles. The van der Waals surface area contributed by atoms with Crippen molar-refractivity contribution in [1.29, 1.82) is 0 Å². The highest BCUT2D eigenvalue weighted by Gasteiger charge is 2.26. The predicted molar refractivity (Wildman–Crippen MR) is 89.0 cm³/mol. The third kappa shape index (κ3) is 9.94. The first kappa shape index (κ1) is 20.1. The summed E-state index contributed by atoms with van der Waals surface area (Å²) in [5.41, 5.74) is 1.27. The largest absolute Gasteiger partial charge is 0.673 e. The maximum atomic E-state index is 11.2. The lowest BCUT2D eigenvalue weighted by Crippen LogP contribution is -2.16. The molecule has 0 saturated carbocycles. The van der Waals surface area contributed by atoms with E-state index in [9.17, 15) is 22.1 Å². The summed E-state index contributed by atoms with van der Waals surface area (Å²) < 4.78 is 44.4. The Kier molecular flexibility index (Phi) is 8.39. The summed E-state index contributed by atoms with van der Waals surface area (Å²) in [4.78, 5) is 12.3. The van der Waals surface area contributed by atoms with Crippen molar-refractivity contribution in [3.05, 3.63) is 66.2 Å². The highest BCUT2D eigenvalue weighted by atomic mass is 32.2. The van der Waals surface area contributed by atoms with Crippen molar-refractivity contribution in [1.82, 2.24) is 0 Å². The minimum Gasteiger partial charge on any atom is -0.418 e. The molecular weight excluding hydrogens is 343 g/mol. The fourth-order valence-electron chi connectivity index (χ4n) is 1.78. The van der Waals surface area contributed by atoms with Gasteiger partial charge < -0.3 is 17.3 Å². The third-order valence-electron chi connectivity index (χ3n) is 2.64. The van der Waals surface area contributed by atoms with Gasteiger partial charge in [0.15, 0.2) is 5.75 Å². The van der Waals surface area contributed by atoms with Crippen LogP contribution < -0.4 is 0 Å². The Balaban J connectivity index is 0.000000505. The smallest absolute Gasteiger partial charge is 0.418 e. The Morgan fingerprint density at radius 1 is 0.958 bits per heavy atom. The van der Waals surface area contributed by atoms with Gasteiger partial charge in [0.2, 0.25) is 16.1 Å². The van der Waals surface area contributed by atoms with E-state index < -0.39 is 18.4 Å². The van der Waals surface area contributed by atoms with Crippen LogP contribution in [0.5, 0.6) is 0 Å². The first-order valence-electron chi connectivity index (χ1n) is 7.12. The number of aryl methyl sites for hydroxylation is 1. The van der Waals surface area contributed by atoms with Crippen LogP contribution in [0.25, 0.3) is 0 Å². The van der Waals surface area contributed by atoms with E-state index in [0.29, 0.717) is 0 Å². The molecule has 0 aromatic heterocycles. The molecule has 1 unspecified atom stereocenters. The van der Waals surface area contributed by atoms with E-state index in [1.54, 1.807) is 0 Å². The van der Waals surface area contributed by atoms with Crippen LogP contribution in [0.15, 0.2) is 65.6 Å². The van der Waals surface area contributed by atoms with Crippen LogP contribution in [0, 0.1) is 0 Å². The van der Waals surface area contributed by atoms with Gasteiger partial charge in [-0.15, -0.1) is 0 Å². The molecule has 24 heavy (non-hydrogen) atoms. The number of carbonyl (C=O) groups excluding carboxylic acids is 1. The minimum absolute atomic E-state index is 0.222. The van der Waals surface area contributed by atoms with Crippen molar-refractivity contribution < 1.29 is 26.2 Å². The Bertz CT molecular complexity index is 602. The van der Waals surface area contributed by atoms with E-state index in [4.69, 9.17) is 4.18 Å². The highest BCUT2D eigenvalue weighted by molar-refractivity contribution is 7.92.